The molecule has 19 heavy (non-hydrogen) atoms. The SMILES string of the molecule is Cc1ccc(F)c(C2OCCCC2CNC2CC2)c1. The van der Waals surface area contributed by atoms with Crippen LogP contribution < -0.4 is 5.32 Å². The predicted octanol–water partition coefficient (Wildman–Crippen LogP) is 3.35. The van der Waals surface area contributed by atoms with Crippen molar-refractivity contribution < 1.29 is 9.13 Å². The minimum atomic E-state index is -0.131. The number of hydrogen-bond donors (Lipinski definition) is 1. The number of aryl methyl sites for hydroxylation is 1. The number of benzene rings is 1. The summed E-state index contributed by atoms with van der Waals surface area (Å²) in [7, 11) is 0. The van der Waals surface area contributed by atoms with Crippen molar-refractivity contribution in [2.45, 2.75) is 44.8 Å². The van der Waals surface area contributed by atoms with Crippen LogP contribution in [0.15, 0.2) is 18.2 Å². The van der Waals surface area contributed by atoms with E-state index in [1.807, 2.05) is 19.1 Å². The Morgan fingerprint density at radius 2 is 2.16 bits per heavy atom. The van der Waals surface area contributed by atoms with Crippen molar-refractivity contribution >= 4 is 0 Å². The first kappa shape index (κ1) is 13.1. The summed E-state index contributed by atoms with van der Waals surface area (Å²) in [5.74, 6) is 0.263. The topological polar surface area (TPSA) is 21.3 Å². The van der Waals surface area contributed by atoms with Crippen molar-refractivity contribution in [1.82, 2.24) is 5.32 Å². The van der Waals surface area contributed by atoms with Gasteiger partial charge in [-0.25, -0.2) is 4.39 Å². The normalized spacial score (nSPS) is 27.5. The van der Waals surface area contributed by atoms with Gasteiger partial charge in [0.05, 0.1) is 6.10 Å². The lowest BCUT2D eigenvalue weighted by atomic mass is 9.88. The number of nitrogens with one attached hydrogen (secondary N) is 1. The summed E-state index contributed by atoms with van der Waals surface area (Å²) in [6.45, 7) is 3.70. The Labute approximate surface area is 114 Å². The van der Waals surface area contributed by atoms with E-state index >= 15 is 0 Å². The third-order valence-electron chi connectivity index (χ3n) is 4.15. The van der Waals surface area contributed by atoms with Gasteiger partial charge in [0.1, 0.15) is 5.82 Å². The molecule has 2 fully saturated rings. The van der Waals surface area contributed by atoms with E-state index in [0.717, 1.165) is 37.1 Å². The number of ether oxygens (including phenoxy) is 1. The van der Waals surface area contributed by atoms with E-state index < -0.39 is 0 Å². The summed E-state index contributed by atoms with van der Waals surface area (Å²) in [6.07, 6.45) is 4.70. The summed E-state index contributed by atoms with van der Waals surface area (Å²) in [6, 6.07) is 6.02. The summed E-state index contributed by atoms with van der Waals surface area (Å²) >= 11 is 0. The van der Waals surface area contributed by atoms with Gasteiger partial charge < -0.3 is 10.1 Å². The minimum absolute atomic E-state index is 0.0834. The fourth-order valence-electron chi connectivity index (χ4n) is 2.88. The van der Waals surface area contributed by atoms with Crippen LogP contribution in [-0.4, -0.2) is 19.2 Å². The third kappa shape index (κ3) is 3.15. The van der Waals surface area contributed by atoms with Crippen LogP contribution in [0.25, 0.3) is 0 Å². The Kier molecular flexibility index (Phi) is 3.85. The Morgan fingerprint density at radius 3 is 2.95 bits per heavy atom. The predicted molar refractivity (Wildman–Crippen MR) is 73.6 cm³/mol. The lowest BCUT2D eigenvalue weighted by Crippen LogP contribution is -2.33. The van der Waals surface area contributed by atoms with Crippen molar-refractivity contribution in [3.05, 3.63) is 35.1 Å². The lowest BCUT2D eigenvalue weighted by Gasteiger charge is -2.32. The molecule has 1 saturated carbocycles. The molecule has 2 nitrogen and oxygen atoms in total. The molecule has 2 aliphatic rings. The fourth-order valence-corrected chi connectivity index (χ4v) is 2.88. The monoisotopic (exact) mass is 263 g/mol. The highest BCUT2D eigenvalue weighted by Gasteiger charge is 2.31. The molecule has 1 heterocycles. The van der Waals surface area contributed by atoms with E-state index in [4.69, 9.17) is 4.74 Å². The molecule has 1 aliphatic heterocycles. The van der Waals surface area contributed by atoms with Crippen LogP contribution in [0.3, 0.4) is 0 Å². The van der Waals surface area contributed by atoms with Crippen LogP contribution in [-0.2, 0) is 4.74 Å². The number of halogens is 1. The zero-order chi connectivity index (χ0) is 13.2. The molecule has 2 atom stereocenters. The van der Waals surface area contributed by atoms with Crippen molar-refractivity contribution in [3.8, 4) is 0 Å². The lowest BCUT2D eigenvalue weighted by molar-refractivity contribution is -0.0297. The zero-order valence-electron chi connectivity index (χ0n) is 11.5. The van der Waals surface area contributed by atoms with E-state index in [2.05, 4.69) is 5.32 Å². The van der Waals surface area contributed by atoms with Gasteiger partial charge in [-0.3, -0.25) is 0 Å². The van der Waals surface area contributed by atoms with Crippen LogP contribution in [0.1, 0.15) is 42.9 Å². The second-order valence-corrected chi connectivity index (χ2v) is 5.90. The van der Waals surface area contributed by atoms with Gasteiger partial charge >= 0.3 is 0 Å². The average molecular weight is 263 g/mol. The molecular formula is C16H22FNO. The minimum Gasteiger partial charge on any atom is -0.373 e. The summed E-state index contributed by atoms with van der Waals surface area (Å²) in [5.41, 5.74) is 1.83. The van der Waals surface area contributed by atoms with Gasteiger partial charge in [-0.05, 0) is 38.7 Å². The number of hydrogen-bond acceptors (Lipinski definition) is 2. The maximum absolute atomic E-state index is 14.0. The first-order valence-corrected chi connectivity index (χ1v) is 7.35. The summed E-state index contributed by atoms with van der Waals surface area (Å²) in [4.78, 5) is 0. The van der Waals surface area contributed by atoms with Gasteiger partial charge in [-0.1, -0.05) is 17.7 Å². The molecule has 1 aromatic carbocycles. The molecule has 104 valence electrons. The van der Waals surface area contributed by atoms with E-state index in [1.165, 1.54) is 12.8 Å². The second kappa shape index (κ2) is 5.59. The van der Waals surface area contributed by atoms with E-state index in [1.54, 1.807) is 6.07 Å². The molecule has 3 heteroatoms. The largest absolute Gasteiger partial charge is 0.373 e. The van der Waals surface area contributed by atoms with Crippen LogP contribution in [0.5, 0.6) is 0 Å². The van der Waals surface area contributed by atoms with Gasteiger partial charge in [0.15, 0.2) is 0 Å². The highest BCUT2D eigenvalue weighted by Crippen LogP contribution is 2.35. The first-order valence-electron chi connectivity index (χ1n) is 7.35. The highest BCUT2D eigenvalue weighted by molar-refractivity contribution is 5.27. The van der Waals surface area contributed by atoms with E-state index in [0.29, 0.717) is 12.0 Å². The van der Waals surface area contributed by atoms with Crippen molar-refractivity contribution in [1.29, 1.82) is 0 Å². The second-order valence-electron chi connectivity index (χ2n) is 5.90. The smallest absolute Gasteiger partial charge is 0.129 e. The molecule has 0 aromatic heterocycles. The summed E-state index contributed by atoms with van der Waals surface area (Å²) < 4.78 is 19.9. The molecule has 1 saturated heterocycles. The zero-order valence-corrected chi connectivity index (χ0v) is 11.5. The van der Waals surface area contributed by atoms with Gasteiger partial charge in [0, 0.05) is 30.7 Å². The van der Waals surface area contributed by atoms with Gasteiger partial charge in [0.25, 0.3) is 0 Å². The maximum atomic E-state index is 14.0. The average Bonchev–Trinajstić information content (AvgIpc) is 3.24. The van der Waals surface area contributed by atoms with Crippen molar-refractivity contribution in [2.24, 2.45) is 5.92 Å². The van der Waals surface area contributed by atoms with Crippen LogP contribution in [0.2, 0.25) is 0 Å². The molecule has 1 N–H and O–H groups in total. The Morgan fingerprint density at radius 1 is 1.32 bits per heavy atom. The Balaban J connectivity index is 1.75. The van der Waals surface area contributed by atoms with E-state index in [-0.39, 0.29) is 11.9 Å². The molecule has 1 aromatic rings. The highest BCUT2D eigenvalue weighted by atomic mass is 19.1. The van der Waals surface area contributed by atoms with E-state index in [9.17, 15) is 4.39 Å². The van der Waals surface area contributed by atoms with Crippen molar-refractivity contribution in [2.75, 3.05) is 13.2 Å². The van der Waals surface area contributed by atoms with Crippen LogP contribution in [0, 0.1) is 18.7 Å². The Hall–Kier alpha value is -0.930. The molecule has 0 amide bonds. The third-order valence-corrected chi connectivity index (χ3v) is 4.15. The quantitative estimate of drug-likeness (QED) is 0.899. The molecular weight excluding hydrogens is 241 g/mol. The van der Waals surface area contributed by atoms with Gasteiger partial charge in [-0.2, -0.15) is 0 Å². The summed E-state index contributed by atoms with van der Waals surface area (Å²) in [5, 5.41) is 3.56. The molecule has 1 aliphatic carbocycles. The van der Waals surface area contributed by atoms with Crippen LogP contribution in [0.4, 0.5) is 4.39 Å². The standard InChI is InChI=1S/C16H22FNO/c1-11-4-7-15(17)14(9-11)16-12(3-2-8-19-16)10-18-13-5-6-13/h4,7,9,12-13,16,18H,2-3,5-6,8,10H2,1H3. The van der Waals surface area contributed by atoms with Gasteiger partial charge in [-0.15, -0.1) is 0 Å². The maximum Gasteiger partial charge on any atom is 0.129 e. The molecule has 0 bridgehead atoms. The van der Waals surface area contributed by atoms with Crippen LogP contribution >= 0.6 is 0 Å². The fraction of sp³-hybridized carbons (Fsp3) is 0.625. The first-order chi connectivity index (χ1) is 9.24. The number of rotatable bonds is 4. The molecule has 0 spiro atoms. The molecule has 3 rings (SSSR count). The molecule has 0 radical (unpaired) electrons. The Bertz CT molecular complexity index is 444. The van der Waals surface area contributed by atoms with Gasteiger partial charge in [0.2, 0.25) is 0 Å². The molecule has 2 unspecified atom stereocenters. The van der Waals surface area contributed by atoms with Crippen molar-refractivity contribution in [3.63, 3.8) is 0 Å².